The van der Waals surface area contributed by atoms with Crippen LogP contribution in [-0.4, -0.2) is 24.9 Å². The summed E-state index contributed by atoms with van der Waals surface area (Å²) in [6.45, 7) is 6.99. The zero-order valence-corrected chi connectivity index (χ0v) is 6.96. The zero-order valence-electron chi connectivity index (χ0n) is 6.96. The highest BCUT2D eigenvalue weighted by Gasteiger charge is 2.29. The Morgan fingerprint density at radius 3 is 2.60 bits per heavy atom. The molecule has 60 valence electrons. The van der Waals surface area contributed by atoms with Gasteiger partial charge in [0.05, 0.1) is 18.3 Å². The molecule has 1 aliphatic heterocycles. The van der Waals surface area contributed by atoms with E-state index in [9.17, 15) is 0 Å². The van der Waals surface area contributed by atoms with E-state index in [2.05, 4.69) is 13.8 Å². The van der Waals surface area contributed by atoms with Gasteiger partial charge in [-0.1, -0.05) is 0 Å². The van der Waals surface area contributed by atoms with E-state index in [0.717, 1.165) is 13.0 Å². The summed E-state index contributed by atoms with van der Waals surface area (Å²) < 4.78 is 11.0. The highest BCUT2D eigenvalue weighted by Crippen LogP contribution is 2.21. The Balaban J connectivity index is 2.31. The van der Waals surface area contributed by atoms with Crippen LogP contribution in [0.1, 0.15) is 27.2 Å². The summed E-state index contributed by atoms with van der Waals surface area (Å²) in [5.74, 6) is 0. The molecule has 2 nitrogen and oxygen atoms in total. The van der Waals surface area contributed by atoms with Crippen LogP contribution in [0.15, 0.2) is 0 Å². The average molecular weight is 144 g/mol. The molecule has 1 unspecified atom stereocenters. The smallest absolute Gasteiger partial charge is 0.0858 e. The van der Waals surface area contributed by atoms with Gasteiger partial charge in [0.1, 0.15) is 0 Å². The van der Waals surface area contributed by atoms with Crippen molar-refractivity contribution in [2.24, 2.45) is 0 Å². The number of hydrogen-bond donors (Lipinski definition) is 0. The molecule has 0 saturated carbocycles. The molecule has 0 amide bonds. The van der Waals surface area contributed by atoms with Gasteiger partial charge in [0.25, 0.3) is 0 Å². The summed E-state index contributed by atoms with van der Waals surface area (Å²) in [7, 11) is 0. The third-order valence-corrected chi connectivity index (χ3v) is 1.92. The van der Waals surface area contributed by atoms with Crippen LogP contribution in [-0.2, 0) is 9.47 Å². The maximum Gasteiger partial charge on any atom is 0.0858 e. The third-order valence-electron chi connectivity index (χ3n) is 1.92. The minimum Gasteiger partial charge on any atom is -0.376 e. The fourth-order valence-electron chi connectivity index (χ4n) is 1.45. The maximum absolute atomic E-state index is 5.50. The third kappa shape index (κ3) is 1.70. The predicted molar refractivity (Wildman–Crippen MR) is 40.0 cm³/mol. The van der Waals surface area contributed by atoms with Crippen LogP contribution < -0.4 is 0 Å². The van der Waals surface area contributed by atoms with Crippen molar-refractivity contribution in [1.29, 1.82) is 0 Å². The SMILES string of the molecule is CCOC1C[C@H](C)O[C@@H]1C. The molecule has 1 rings (SSSR count). The van der Waals surface area contributed by atoms with Gasteiger partial charge >= 0.3 is 0 Å². The Morgan fingerprint density at radius 2 is 2.20 bits per heavy atom. The minimum atomic E-state index is 0.287. The van der Waals surface area contributed by atoms with Crippen molar-refractivity contribution in [3.05, 3.63) is 0 Å². The molecule has 0 aromatic heterocycles. The Labute approximate surface area is 62.5 Å². The van der Waals surface area contributed by atoms with E-state index in [0.29, 0.717) is 12.2 Å². The summed E-state index contributed by atoms with van der Waals surface area (Å²) in [5, 5.41) is 0. The molecule has 2 heteroatoms. The average Bonchev–Trinajstić information content (AvgIpc) is 2.13. The van der Waals surface area contributed by atoms with Crippen molar-refractivity contribution in [1.82, 2.24) is 0 Å². The van der Waals surface area contributed by atoms with Crippen molar-refractivity contribution < 1.29 is 9.47 Å². The molecule has 1 heterocycles. The molecule has 3 atom stereocenters. The van der Waals surface area contributed by atoms with Crippen LogP contribution in [0.5, 0.6) is 0 Å². The summed E-state index contributed by atoms with van der Waals surface area (Å²) in [6.07, 6.45) is 2.05. The maximum atomic E-state index is 5.50. The largest absolute Gasteiger partial charge is 0.376 e. The first kappa shape index (κ1) is 8.02. The highest BCUT2D eigenvalue weighted by molar-refractivity contribution is 4.77. The van der Waals surface area contributed by atoms with E-state index < -0.39 is 0 Å². The topological polar surface area (TPSA) is 18.5 Å². The molecule has 0 aromatic rings. The fourth-order valence-corrected chi connectivity index (χ4v) is 1.45. The fraction of sp³-hybridized carbons (Fsp3) is 1.00. The summed E-state index contributed by atoms with van der Waals surface area (Å²) in [5.41, 5.74) is 0. The second-order valence-corrected chi connectivity index (χ2v) is 2.88. The normalized spacial score (nSPS) is 40.5. The van der Waals surface area contributed by atoms with E-state index in [1.165, 1.54) is 0 Å². The minimum absolute atomic E-state index is 0.287. The first-order chi connectivity index (χ1) is 4.74. The van der Waals surface area contributed by atoms with E-state index in [1.807, 2.05) is 6.92 Å². The first-order valence-corrected chi connectivity index (χ1v) is 4.01. The van der Waals surface area contributed by atoms with Crippen molar-refractivity contribution >= 4 is 0 Å². The lowest BCUT2D eigenvalue weighted by Gasteiger charge is -2.12. The molecule has 0 radical (unpaired) electrons. The van der Waals surface area contributed by atoms with Crippen LogP contribution in [0.3, 0.4) is 0 Å². The van der Waals surface area contributed by atoms with Gasteiger partial charge in [-0.2, -0.15) is 0 Å². The summed E-state index contributed by atoms with van der Waals surface area (Å²) >= 11 is 0. The Morgan fingerprint density at radius 1 is 1.50 bits per heavy atom. The molecule has 0 aromatic carbocycles. The molecule has 0 spiro atoms. The molecule has 0 aliphatic carbocycles. The van der Waals surface area contributed by atoms with Gasteiger partial charge in [0.15, 0.2) is 0 Å². The molecular formula is C8H16O2. The lowest BCUT2D eigenvalue weighted by molar-refractivity contribution is -0.00567. The Bertz CT molecular complexity index is 103. The van der Waals surface area contributed by atoms with Crippen molar-refractivity contribution in [2.75, 3.05) is 6.61 Å². The lowest BCUT2D eigenvalue weighted by atomic mass is 10.2. The van der Waals surface area contributed by atoms with Crippen molar-refractivity contribution in [2.45, 2.75) is 45.5 Å². The molecular weight excluding hydrogens is 128 g/mol. The Hall–Kier alpha value is -0.0800. The van der Waals surface area contributed by atoms with Crippen molar-refractivity contribution in [3.63, 3.8) is 0 Å². The lowest BCUT2D eigenvalue weighted by Crippen LogP contribution is -2.20. The van der Waals surface area contributed by atoms with Gasteiger partial charge in [-0.25, -0.2) is 0 Å². The van der Waals surface area contributed by atoms with Crippen LogP contribution in [0.4, 0.5) is 0 Å². The second kappa shape index (κ2) is 3.35. The molecule has 0 N–H and O–H groups in total. The zero-order chi connectivity index (χ0) is 7.56. The number of ether oxygens (including phenoxy) is 2. The predicted octanol–water partition coefficient (Wildman–Crippen LogP) is 1.59. The quantitative estimate of drug-likeness (QED) is 0.586. The second-order valence-electron chi connectivity index (χ2n) is 2.88. The van der Waals surface area contributed by atoms with E-state index in [-0.39, 0.29) is 6.10 Å². The van der Waals surface area contributed by atoms with Crippen LogP contribution in [0.2, 0.25) is 0 Å². The van der Waals surface area contributed by atoms with Gasteiger partial charge in [0, 0.05) is 13.0 Å². The monoisotopic (exact) mass is 144 g/mol. The molecule has 1 aliphatic rings. The van der Waals surface area contributed by atoms with Crippen molar-refractivity contribution in [3.8, 4) is 0 Å². The first-order valence-electron chi connectivity index (χ1n) is 4.01. The van der Waals surface area contributed by atoms with Gasteiger partial charge in [0.2, 0.25) is 0 Å². The van der Waals surface area contributed by atoms with Gasteiger partial charge < -0.3 is 9.47 Å². The van der Waals surface area contributed by atoms with Crippen LogP contribution in [0, 0.1) is 0 Å². The summed E-state index contributed by atoms with van der Waals surface area (Å²) in [4.78, 5) is 0. The standard InChI is InChI=1S/C8H16O2/c1-4-9-8-5-6(2)10-7(8)3/h6-8H,4-5H2,1-3H3/t6-,7+,8?/m0/s1. The van der Waals surface area contributed by atoms with Gasteiger partial charge in [-0.05, 0) is 20.8 Å². The van der Waals surface area contributed by atoms with E-state index in [1.54, 1.807) is 0 Å². The highest BCUT2D eigenvalue weighted by atomic mass is 16.6. The van der Waals surface area contributed by atoms with Crippen LogP contribution in [0.25, 0.3) is 0 Å². The number of hydrogen-bond acceptors (Lipinski definition) is 2. The van der Waals surface area contributed by atoms with Crippen LogP contribution >= 0.6 is 0 Å². The van der Waals surface area contributed by atoms with Gasteiger partial charge in [-0.15, -0.1) is 0 Å². The molecule has 1 saturated heterocycles. The van der Waals surface area contributed by atoms with Gasteiger partial charge in [-0.3, -0.25) is 0 Å². The molecule has 1 fully saturated rings. The summed E-state index contributed by atoms with van der Waals surface area (Å²) in [6, 6.07) is 0. The number of rotatable bonds is 2. The van der Waals surface area contributed by atoms with E-state index >= 15 is 0 Å². The molecule has 0 bridgehead atoms. The van der Waals surface area contributed by atoms with E-state index in [4.69, 9.17) is 9.47 Å². The molecule has 10 heavy (non-hydrogen) atoms. The Kier molecular flexibility index (Phi) is 2.69.